The lowest BCUT2D eigenvalue weighted by Gasteiger charge is -2.17. The van der Waals surface area contributed by atoms with Gasteiger partial charge in [-0.25, -0.2) is 0 Å². The van der Waals surface area contributed by atoms with Crippen molar-refractivity contribution in [1.29, 1.82) is 0 Å². The van der Waals surface area contributed by atoms with E-state index in [-0.39, 0.29) is 13.1 Å². The maximum atomic E-state index is 10.8. The Morgan fingerprint density at radius 3 is 2.76 bits per heavy atom. The zero-order chi connectivity index (χ0) is 15.1. The molecule has 0 radical (unpaired) electrons. The number of nitrogens with zero attached hydrogens (tertiary/aromatic N) is 3. The number of carboxylic acids is 1. The summed E-state index contributed by atoms with van der Waals surface area (Å²) in [5.74, 6) is -0.104. The van der Waals surface area contributed by atoms with Gasteiger partial charge in [0.05, 0.1) is 19.7 Å². The van der Waals surface area contributed by atoms with Gasteiger partial charge in [0.2, 0.25) is 11.8 Å². The highest BCUT2D eigenvalue weighted by atomic mass is 16.5. The second kappa shape index (κ2) is 7.51. The van der Waals surface area contributed by atoms with Gasteiger partial charge in [0.15, 0.2) is 0 Å². The molecule has 1 N–H and O–H groups in total. The van der Waals surface area contributed by atoms with E-state index in [4.69, 9.17) is 14.3 Å². The molecule has 2 aromatic rings. The van der Waals surface area contributed by atoms with Gasteiger partial charge < -0.3 is 14.3 Å². The Balaban J connectivity index is 2.03. The summed E-state index contributed by atoms with van der Waals surface area (Å²) in [6.45, 7) is 1.08. The molecule has 0 aliphatic rings. The summed E-state index contributed by atoms with van der Waals surface area (Å²) in [5.41, 5.74) is 0.831. The van der Waals surface area contributed by atoms with Crippen molar-refractivity contribution in [2.24, 2.45) is 0 Å². The summed E-state index contributed by atoms with van der Waals surface area (Å²) >= 11 is 0. The van der Waals surface area contributed by atoms with E-state index in [1.165, 1.54) is 0 Å². The lowest BCUT2D eigenvalue weighted by atomic mass is 10.2. The highest BCUT2D eigenvalue weighted by molar-refractivity contribution is 5.69. The molecule has 2 rings (SSSR count). The number of aliphatic carboxylic acids is 1. The van der Waals surface area contributed by atoms with E-state index in [9.17, 15) is 4.79 Å². The molecule has 0 atom stereocenters. The van der Waals surface area contributed by atoms with E-state index in [1.807, 2.05) is 30.3 Å². The number of rotatable bonds is 8. The van der Waals surface area contributed by atoms with Crippen LogP contribution in [0, 0.1) is 0 Å². The standard InChI is InChI=1S/C14H17N3O4/c1-20-8-7-17(10-13(18)19)9-12-15-16-14(21-12)11-5-3-2-4-6-11/h2-6H,7-10H2,1H3,(H,18,19). The van der Waals surface area contributed by atoms with Gasteiger partial charge in [-0.1, -0.05) is 18.2 Å². The highest BCUT2D eigenvalue weighted by Crippen LogP contribution is 2.17. The normalized spacial score (nSPS) is 11.0. The summed E-state index contributed by atoms with van der Waals surface area (Å²) in [6.07, 6.45) is 0. The van der Waals surface area contributed by atoms with E-state index in [0.717, 1.165) is 5.56 Å². The number of hydrogen-bond donors (Lipinski definition) is 1. The minimum absolute atomic E-state index is 0.105. The van der Waals surface area contributed by atoms with Gasteiger partial charge in [-0.2, -0.15) is 0 Å². The van der Waals surface area contributed by atoms with Crippen LogP contribution in [0.15, 0.2) is 34.7 Å². The molecular weight excluding hydrogens is 274 g/mol. The van der Waals surface area contributed by atoms with E-state index >= 15 is 0 Å². The van der Waals surface area contributed by atoms with Crippen LogP contribution in [-0.2, 0) is 16.1 Å². The van der Waals surface area contributed by atoms with E-state index in [1.54, 1.807) is 12.0 Å². The molecule has 0 aliphatic carbocycles. The second-order valence-electron chi connectivity index (χ2n) is 4.46. The molecule has 0 fully saturated rings. The maximum Gasteiger partial charge on any atom is 0.317 e. The molecule has 0 saturated carbocycles. The van der Waals surface area contributed by atoms with E-state index < -0.39 is 5.97 Å². The predicted molar refractivity (Wildman–Crippen MR) is 74.5 cm³/mol. The van der Waals surface area contributed by atoms with Crippen LogP contribution in [0.2, 0.25) is 0 Å². The summed E-state index contributed by atoms with van der Waals surface area (Å²) in [4.78, 5) is 12.5. The molecule has 0 bridgehead atoms. The van der Waals surface area contributed by atoms with Gasteiger partial charge >= 0.3 is 5.97 Å². The van der Waals surface area contributed by atoms with Crippen molar-refractivity contribution in [1.82, 2.24) is 15.1 Å². The Bertz CT molecular complexity index is 571. The van der Waals surface area contributed by atoms with Gasteiger partial charge in [0.1, 0.15) is 0 Å². The minimum Gasteiger partial charge on any atom is -0.480 e. The van der Waals surface area contributed by atoms with Crippen LogP contribution in [0.1, 0.15) is 5.89 Å². The topological polar surface area (TPSA) is 88.7 Å². The van der Waals surface area contributed by atoms with E-state index in [0.29, 0.717) is 24.9 Å². The van der Waals surface area contributed by atoms with Gasteiger partial charge in [-0.05, 0) is 12.1 Å². The third-order valence-electron chi connectivity index (χ3n) is 2.82. The second-order valence-corrected chi connectivity index (χ2v) is 4.46. The average molecular weight is 291 g/mol. The first-order chi connectivity index (χ1) is 10.2. The fourth-order valence-electron chi connectivity index (χ4n) is 1.83. The van der Waals surface area contributed by atoms with Gasteiger partial charge in [0.25, 0.3) is 0 Å². The van der Waals surface area contributed by atoms with Crippen LogP contribution in [0.4, 0.5) is 0 Å². The summed E-state index contributed by atoms with van der Waals surface area (Å²) < 4.78 is 10.5. The molecule has 0 aliphatic heterocycles. The first-order valence-electron chi connectivity index (χ1n) is 6.50. The SMILES string of the molecule is COCCN(CC(=O)O)Cc1nnc(-c2ccccc2)o1. The molecule has 1 heterocycles. The van der Waals surface area contributed by atoms with Crippen LogP contribution in [0.25, 0.3) is 11.5 Å². The molecule has 21 heavy (non-hydrogen) atoms. The van der Waals surface area contributed by atoms with Crippen molar-refractivity contribution >= 4 is 5.97 Å². The first kappa shape index (κ1) is 15.1. The highest BCUT2D eigenvalue weighted by Gasteiger charge is 2.15. The smallest absolute Gasteiger partial charge is 0.317 e. The quantitative estimate of drug-likeness (QED) is 0.783. The number of carbonyl (C=O) groups is 1. The fraction of sp³-hybridized carbons (Fsp3) is 0.357. The Labute approximate surface area is 122 Å². The Hall–Kier alpha value is -2.25. The van der Waals surface area contributed by atoms with Crippen molar-refractivity contribution in [3.8, 4) is 11.5 Å². The van der Waals surface area contributed by atoms with Crippen molar-refractivity contribution < 1.29 is 19.1 Å². The molecule has 7 heteroatoms. The lowest BCUT2D eigenvalue weighted by Crippen LogP contribution is -2.32. The van der Waals surface area contributed by atoms with Crippen molar-refractivity contribution in [2.75, 3.05) is 26.8 Å². The maximum absolute atomic E-state index is 10.8. The zero-order valence-corrected chi connectivity index (χ0v) is 11.7. The molecule has 1 aromatic heterocycles. The third kappa shape index (κ3) is 4.66. The van der Waals surface area contributed by atoms with Crippen molar-refractivity contribution in [3.63, 3.8) is 0 Å². The molecule has 0 unspecified atom stereocenters. The van der Waals surface area contributed by atoms with Crippen molar-refractivity contribution in [2.45, 2.75) is 6.54 Å². The molecule has 0 saturated heterocycles. The summed E-state index contributed by atoms with van der Waals surface area (Å²) in [6, 6.07) is 9.41. The largest absolute Gasteiger partial charge is 0.480 e. The zero-order valence-electron chi connectivity index (χ0n) is 11.7. The van der Waals surface area contributed by atoms with Gasteiger partial charge in [-0.15, -0.1) is 10.2 Å². The number of benzene rings is 1. The number of ether oxygens (including phenoxy) is 1. The molecule has 7 nitrogen and oxygen atoms in total. The first-order valence-corrected chi connectivity index (χ1v) is 6.50. The minimum atomic E-state index is -0.908. The summed E-state index contributed by atoms with van der Waals surface area (Å²) in [7, 11) is 1.57. The monoisotopic (exact) mass is 291 g/mol. The number of carboxylic acid groups (broad SMARTS) is 1. The Kier molecular flexibility index (Phi) is 5.42. The average Bonchev–Trinajstić information content (AvgIpc) is 2.93. The Morgan fingerprint density at radius 2 is 2.10 bits per heavy atom. The van der Waals surface area contributed by atoms with Crippen LogP contribution >= 0.6 is 0 Å². The van der Waals surface area contributed by atoms with Crippen LogP contribution in [0.5, 0.6) is 0 Å². The number of methoxy groups -OCH3 is 1. The van der Waals surface area contributed by atoms with Gasteiger partial charge in [0, 0.05) is 19.2 Å². The molecular formula is C14H17N3O4. The molecule has 0 spiro atoms. The number of aromatic nitrogens is 2. The van der Waals surface area contributed by atoms with Gasteiger partial charge in [-0.3, -0.25) is 9.69 Å². The third-order valence-corrected chi connectivity index (χ3v) is 2.82. The fourth-order valence-corrected chi connectivity index (χ4v) is 1.83. The summed E-state index contributed by atoms with van der Waals surface area (Å²) in [5, 5.41) is 16.8. The predicted octanol–water partition coefficient (Wildman–Crippen LogP) is 1.27. The van der Waals surface area contributed by atoms with Crippen LogP contribution in [-0.4, -0.2) is 53.0 Å². The molecule has 1 aromatic carbocycles. The molecule has 112 valence electrons. The number of hydrogen-bond acceptors (Lipinski definition) is 6. The van der Waals surface area contributed by atoms with Crippen LogP contribution in [0.3, 0.4) is 0 Å². The Morgan fingerprint density at radius 1 is 1.33 bits per heavy atom. The van der Waals surface area contributed by atoms with Crippen molar-refractivity contribution in [3.05, 3.63) is 36.2 Å². The van der Waals surface area contributed by atoms with E-state index in [2.05, 4.69) is 10.2 Å². The lowest BCUT2D eigenvalue weighted by molar-refractivity contribution is -0.138. The van der Waals surface area contributed by atoms with Crippen LogP contribution < -0.4 is 0 Å². The molecule has 0 amide bonds.